The zero-order chi connectivity index (χ0) is 19.8. The number of aliphatic hydroxyl groups excluding tert-OH is 1. The van der Waals surface area contributed by atoms with Crippen LogP contribution in [0.2, 0.25) is 5.02 Å². The van der Waals surface area contributed by atoms with E-state index in [1.165, 1.54) is 0 Å². The van der Waals surface area contributed by atoms with E-state index in [4.69, 9.17) is 16.3 Å². The van der Waals surface area contributed by atoms with Gasteiger partial charge in [0.15, 0.2) is 0 Å². The Morgan fingerprint density at radius 3 is 1.86 bits per heavy atom. The second kappa shape index (κ2) is 12.0. The first kappa shape index (κ1) is 23.4. The standard InChI is InChI=1S/C24H26ClNO2.ClH/c1-18(19-12-14-22(25)15-13-19)26-16-23(27)17-28-24(20-8-4-2-5-9-20)21-10-6-3-7-11-21;/h2-15,18,23-24,26-27H,16-17H2,1H3;1H. The van der Waals surface area contributed by atoms with Crippen LogP contribution < -0.4 is 5.32 Å². The molecule has 0 saturated heterocycles. The van der Waals surface area contributed by atoms with Crippen molar-refractivity contribution in [1.82, 2.24) is 5.32 Å². The van der Waals surface area contributed by atoms with Crippen molar-refractivity contribution in [3.05, 3.63) is 107 Å². The fourth-order valence-electron chi connectivity index (χ4n) is 3.09. The molecule has 0 radical (unpaired) electrons. The number of nitrogens with one attached hydrogen (secondary N) is 1. The average Bonchev–Trinajstić information content (AvgIpc) is 2.74. The first-order chi connectivity index (χ1) is 13.6. The normalized spacial score (nSPS) is 13.0. The second-order valence-corrected chi connectivity index (χ2v) is 7.31. The van der Waals surface area contributed by atoms with Gasteiger partial charge in [-0.05, 0) is 35.7 Å². The summed E-state index contributed by atoms with van der Waals surface area (Å²) in [4.78, 5) is 0. The summed E-state index contributed by atoms with van der Waals surface area (Å²) >= 11 is 5.94. The Balaban J connectivity index is 0.00000300. The Morgan fingerprint density at radius 2 is 1.34 bits per heavy atom. The van der Waals surface area contributed by atoms with E-state index in [0.717, 1.165) is 21.7 Å². The highest BCUT2D eigenvalue weighted by Gasteiger charge is 2.17. The molecule has 29 heavy (non-hydrogen) atoms. The molecule has 0 amide bonds. The maximum absolute atomic E-state index is 10.4. The van der Waals surface area contributed by atoms with Crippen LogP contribution in [-0.2, 0) is 4.74 Å². The van der Waals surface area contributed by atoms with Crippen molar-refractivity contribution in [2.75, 3.05) is 13.2 Å². The van der Waals surface area contributed by atoms with Gasteiger partial charge in [0, 0.05) is 17.6 Å². The van der Waals surface area contributed by atoms with E-state index in [-0.39, 0.29) is 31.2 Å². The van der Waals surface area contributed by atoms with E-state index in [1.54, 1.807) is 0 Å². The van der Waals surface area contributed by atoms with E-state index in [1.807, 2.05) is 84.9 Å². The van der Waals surface area contributed by atoms with Crippen molar-refractivity contribution in [1.29, 1.82) is 0 Å². The molecule has 5 heteroatoms. The van der Waals surface area contributed by atoms with Crippen molar-refractivity contribution < 1.29 is 9.84 Å². The number of halogens is 2. The van der Waals surface area contributed by atoms with Crippen molar-refractivity contribution in [3.63, 3.8) is 0 Å². The molecule has 0 heterocycles. The van der Waals surface area contributed by atoms with Gasteiger partial charge in [0.1, 0.15) is 6.10 Å². The van der Waals surface area contributed by atoms with Gasteiger partial charge in [-0.25, -0.2) is 0 Å². The molecular weight excluding hydrogens is 405 g/mol. The van der Waals surface area contributed by atoms with Crippen LogP contribution in [0.5, 0.6) is 0 Å². The van der Waals surface area contributed by atoms with Crippen LogP contribution >= 0.6 is 24.0 Å². The van der Waals surface area contributed by atoms with Crippen LogP contribution in [-0.4, -0.2) is 24.4 Å². The highest BCUT2D eigenvalue weighted by atomic mass is 35.5. The van der Waals surface area contributed by atoms with Crippen LogP contribution in [0, 0.1) is 0 Å². The summed E-state index contributed by atoms with van der Waals surface area (Å²) in [6.07, 6.45) is -0.810. The predicted molar refractivity (Wildman–Crippen MR) is 122 cm³/mol. The number of rotatable bonds is 9. The molecule has 3 aromatic rings. The highest BCUT2D eigenvalue weighted by molar-refractivity contribution is 6.30. The lowest BCUT2D eigenvalue weighted by Crippen LogP contribution is -2.32. The summed E-state index contributed by atoms with van der Waals surface area (Å²) in [6.45, 7) is 2.75. The summed E-state index contributed by atoms with van der Waals surface area (Å²) in [6, 6.07) is 28.0. The van der Waals surface area contributed by atoms with Crippen molar-refractivity contribution in [2.45, 2.75) is 25.2 Å². The van der Waals surface area contributed by atoms with Crippen LogP contribution in [0.1, 0.15) is 35.8 Å². The van der Waals surface area contributed by atoms with Gasteiger partial charge in [0.2, 0.25) is 0 Å². The summed E-state index contributed by atoms with van der Waals surface area (Å²) in [7, 11) is 0. The molecule has 3 aromatic carbocycles. The zero-order valence-corrected chi connectivity index (χ0v) is 17.9. The van der Waals surface area contributed by atoms with E-state index in [0.29, 0.717) is 6.54 Å². The maximum Gasteiger partial charge on any atom is 0.108 e. The lowest BCUT2D eigenvalue weighted by atomic mass is 10.0. The minimum atomic E-state index is -0.607. The second-order valence-electron chi connectivity index (χ2n) is 6.87. The van der Waals surface area contributed by atoms with Gasteiger partial charge in [0.05, 0.1) is 12.7 Å². The fourth-order valence-corrected chi connectivity index (χ4v) is 3.21. The smallest absolute Gasteiger partial charge is 0.108 e. The molecule has 0 fully saturated rings. The van der Waals surface area contributed by atoms with Crippen molar-refractivity contribution in [2.24, 2.45) is 0 Å². The monoisotopic (exact) mass is 431 g/mol. The van der Waals surface area contributed by atoms with Crippen LogP contribution in [0.3, 0.4) is 0 Å². The van der Waals surface area contributed by atoms with Crippen molar-refractivity contribution in [3.8, 4) is 0 Å². The molecule has 2 atom stereocenters. The summed E-state index contributed by atoms with van der Waals surface area (Å²) in [5.41, 5.74) is 3.27. The van der Waals surface area contributed by atoms with Gasteiger partial charge in [0.25, 0.3) is 0 Å². The number of benzene rings is 3. The predicted octanol–water partition coefficient (Wildman–Crippen LogP) is 5.58. The molecular formula is C24H27Cl2NO2. The Kier molecular flexibility index (Phi) is 9.65. The Bertz CT molecular complexity index is 789. The third-order valence-corrected chi connectivity index (χ3v) is 4.94. The average molecular weight is 432 g/mol. The Hall–Kier alpha value is -1.88. The quantitative estimate of drug-likeness (QED) is 0.464. The number of aliphatic hydroxyl groups is 1. The first-order valence-electron chi connectivity index (χ1n) is 9.52. The van der Waals surface area contributed by atoms with Gasteiger partial charge in [-0.1, -0.05) is 84.4 Å². The van der Waals surface area contributed by atoms with Gasteiger partial charge < -0.3 is 15.2 Å². The molecule has 2 N–H and O–H groups in total. The third-order valence-electron chi connectivity index (χ3n) is 4.69. The Labute approximate surface area is 184 Å². The first-order valence-corrected chi connectivity index (χ1v) is 9.89. The summed E-state index contributed by atoms with van der Waals surface area (Å²) in [5.74, 6) is 0. The molecule has 0 saturated carbocycles. The molecule has 154 valence electrons. The molecule has 0 bridgehead atoms. The Morgan fingerprint density at radius 1 is 0.828 bits per heavy atom. The van der Waals surface area contributed by atoms with E-state index >= 15 is 0 Å². The maximum atomic E-state index is 10.4. The summed E-state index contributed by atoms with van der Waals surface area (Å²) < 4.78 is 6.12. The van der Waals surface area contributed by atoms with Gasteiger partial charge in [-0.15, -0.1) is 12.4 Å². The number of ether oxygens (including phenoxy) is 1. The molecule has 2 unspecified atom stereocenters. The van der Waals surface area contributed by atoms with E-state index < -0.39 is 6.10 Å². The van der Waals surface area contributed by atoms with Crippen LogP contribution in [0.25, 0.3) is 0 Å². The van der Waals surface area contributed by atoms with Gasteiger partial charge in [-0.3, -0.25) is 0 Å². The van der Waals surface area contributed by atoms with Crippen LogP contribution in [0.15, 0.2) is 84.9 Å². The third kappa shape index (κ3) is 7.14. The van der Waals surface area contributed by atoms with E-state index in [2.05, 4.69) is 12.2 Å². The lowest BCUT2D eigenvalue weighted by Gasteiger charge is -2.22. The molecule has 0 aliphatic heterocycles. The van der Waals surface area contributed by atoms with Gasteiger partial charge in [-0.2, -0.15) is 0 Å². The summed E-state index contributed by atoms with van der Waals surface area (Å²) in [5, 5.41) is 14.5. The lowest BCUT2D eigenvalue weighted by molar-refractivity contribution is 0.00578. The zero-order valence-electron chi connectivity index (χ0n) is 16.4. The largest absolute Gasteiger partial charge is 0.389 e. The molecule has 0 aliphatic rings. The minimum Gasteiger partial charge on any atom is -0.389 e. The molecule has 3 rings (SSSR count). The minimum absolute atomic E-state index is 0. The highest BCUT2D eigenvalue weighted by Crippen LogP contribution is 2.26. The number of hydrogen-bond donors (Lipinski definition) is 2. The molecule has 0 aromatic heterocycles. The molecule has 0 aliphatic carbocycles. The number of hydrogen-bond acceptors (Lipinski definition) is 3. The van der Waals surface area contributed by atoms with Crippen molar-refractivity contribution >= 4 is 24.0 Å². The van der Waals surface area contributed by atoms with E-state index in [9.17, 15) is 5.11 Å². The molecule has 3 nitrogen and oxygen atoms in total. The fraction of sp³-hybridized carbons (Fsp3) is 0.250. The SMILES string of the molecule is CC(NCC(O)COC(c1ccccc1)c1ccccc1)c1ccc(Cl)cc1.Cl. The topological polar surface area (TPSA) is 41.5 Å². The van der Waals surface area contributed by atoms with Gasteiger partial charge >= 0.3 is 0 Å². The molecule has 0 spiro atoms. The van der Waals surface area contributed by atoms with Crippen LogP contribution in [0.4, 0.5) is 0 Å².